The SMILES string of the molecule is Cc1ccccc1SCC(C)CNC(C)(C)C. The van der Waals surface area contributed by atoms with E-state index in [0.717, 1.165) is 6.54 Å². The van der Waals surface area contributed by atoms with Crippen molar-refractivity contribution in [2.45, 2.75) is 45.1 Å². The van der Waals surface area contributed by atoms with Crippen LogP contribution in [-0.2, 0) is 0 Å². The minimum Gasteiger partial charge on any atom is -0.312 e. The van der Waals surface area contributed by atoms with Crippen LogP contribution in [0.4, 0.5) is 0 Å². The number of benzene rings is 1. The van der Waals surface area contributed by atoms with Gasteiger partial charge in [-0.3, -0.25) is 0 Å². The van der Waals surface area contributed by atoms with Crippen molar-refractivity contribution in [3.8, 4) is 0 Å². The maximum atomic E-state index is 3.56. The fourth-order valence-corrected chi connectivity index (χ4v) is 2.54. The summed E-state index contributed by atoms with van der Waals surface area (Å²) in [4.78, 5) is 1.41. The molecule has 1 N–H and O–H groups in total. The molecule has 0 aliphatic heterocycles. The fraction of sp³-hybridized carbons (Fsp3) is 0.600. The van der Waals surface area contributed by atoms with Crippen LogP contribution in [0.5, 0.6) is 0 Å². The highest BCUT2D eigenvalue weighted by atomic mass is 32.2. The molecule has 1 unspecified atom stereocenters. The molecule has 2 heteroatoms. The van der Waals surface area contributed by atoms with Gasteiger partial charge in [0.2, 0.25) is 0 Å². The fourth-order valence-electron chi connectivity index (χ4n) is 1.49. The summed E-state index contributed by atoms with van der Waals surface area (Å²) in [5.74, 6) is 1.87. The Labute approximate surface area is 110 Å². The van der Waals surface area contributed by atoms with E-state index in [1.807, 2.05) is 11.8 Å². The largest absolute Gasteiger partial charge is 0.312 e. The summed E-state index contributed by atoms with van der Waals surface area (Å²) in [5, 5.41) is 3.56. The quantitative estimate of drug-likeness (QED) is 0.790. The molecule has 0 fully saturated rings. The summed E-state index contributed by atoms with van der Waals surface area (Å²) in [6, 6.07) is 8.61. The third kappa shape index (κ3) is 6.13. The molecule has 96 valence electrons. The van der Waals surface area contributed by atoms with Gasteiger partial charge in [0, 0.05) is 16.2 Å². The van der Waals surface area contributed by atoms with Crippen molar-refractivity contribution in [2.24, 2.45) is 5.92 Å². The van der Waals surface area contributed by atoms with E-state index in [4.69, 9.17) is 0 Å². The number of nitrogens with one attached hydrogen (secondary N) is 1. The molecule has 0 aliphatic rings. The van der Waals surface area contributed by atoms with Crippen LogP contribution in [-0.4, -0.2) is 17.8 Å². The van der Waals surface area contributed by atoms with Crippen LogP contribution < -0.4 is 5.32 Å². The molecule has 0 amide bonds. The van der Waals surface area contributed by atoms with Crippen LogP contribution >= 0.6 is 11.8 Å². The second-order valence-electron chi connectivity index (χ2n) is 5.81. The van der Waals surface area contributed by atoms with Crippen molar-refractivity contribution in [1.29, 1.82) is 0 Å². The zero-order chi connectivity index (χ0) is 12.9. The first-order valence-electron chi connectivity index (χ1n) is 6.32. The molecule has 1 aromatic carbocycles. The molecule has 0 saturated heterocycles. The second-order valence-corrected chi connectivity index (χ2v) is 6.87. The van der Waals surface area contributed by atoms with Crippen molar-refractivity contribution in [3.63, 3.8) is 0 Å². The number of hydrogen-bond donors (Lipinski definition) is 1. The van der Waals surface area contributed by atoms with Crippen LogP contribution in [0.25, 0.3) is 0 Å². The molecule has 1 rings (SSSR count). The van der Waals surface area contributed by atoms with Gasteiger partial charge in [-0.2, -0.15) is 0 Å². The molecule has 0 radical (unpaired) electrons. The van der Waals surface area contributed by atoms with E-state index in [1.54, 1.807) is 0 Å². The number of aryl methyl sites for hydroxylation is 1. The van der Waals surface area contributed by atoms with E-state index in [1.165, 1.54) is 16.2 Å². The first kappa shape index (κ1) is 14.6. The lowest BCUT2D eigenvalue weighted by atomic mass is 10.1. The Balaban J connectivity index is 2.34. The first-order valence-corrected chi connectivity index (χ1v) is 7.30. The van der Waals surface area contributed by atoms with Crippen LogP contribution in [0.3, 0.4) is 0 Å². The lowest BCUT2D eigenvalue weighted by Crippen LogP contribution is -2.39. The Bertz CT molecular complexity index is 341. The normalized spacial score (nSPS) is 13.7. The molecule has 0 heterocycles. The van der Waals surface area contributed by atoms with Gasteiger partial charge >= 0.3 is 0 Å². The van der Waals surface area contributed by atoms with E-state index >= 15 is 0 Å². The highest BCUT2D eigenvalue weighted by Crippen LogP contribution is 2.23. The average Bonchev–Trinajstić information content (AvgIpc) is 2.24. The summed E-state index contributed by atoms with van der Waals surface area (Å²) in [7, 11) is 0. The highest BCUT2D eigenvalue weighted by Gasteiger charge is 2.11. The van der Waals surface area contributed by atoms with Gasteiger partial charge in [0.05, 0.1) is 0 Å². The highest BCUT2D eigenvalue weighted by molar-refractivity contribution is 7.99. The Morgan fingerprint density at radius 2 is 1.88 bits per heavy atom. The average molecular weight is 251 g/mol. The predicted octanol–water partition coefficient (Wildman–Crippen LogP) is 4.11. The van der Waals surface area contributed by atoms with Gasteiger partial charge < -0.3 is 5.32 Å². The molecule has 0 bridgehead atoms. The molecule has 1 atom stereocenters. The maximum Gasteiger partial charge on any atom is 0.0101 e. The molecule has 0 aromatic heterocycles. The Kier molecular flexibility index (Phi) is 5.54. The van der Waals surface area contributed by atoms with Crippen molar-refractivity contribution >= 4 is 11.8 Å². The number of hydrogen-bond acceptors (Lipinski definition) is 2. The molecule has 1 nitrogen and oxygen atoms in total. The molecular formula is C15H25NS. The molecule has 17 heavy (non-hydrogen) atoms. The van der Waals surface area contributed by atoms with Crippen molar-refractivity contribution < 1.29 is 0 Å². The number of thioether (sulfide) groups is 1. The van der Waals surface area contributed by atoms with Crippen LogP contribution in [0.2, 0.25) is 0 Å². The number of rotatable bonds is 5. The van der Waals surface area contributed by atoms with Gasteiger partial charge in [-0.15, -0.1) is 11.8 Å². The summed E-state index contributed by atoms with van der Waals surface area (Å²) < 4.78 is 0. The second kappa shape index (κ2) is 6.46. The monoisotopic (exact) mass is 251 g/mol. The van der Waals surface area contributed by atoms with Gasteiger partial charge in [0.25, 0.3) is 0 Å². The zero-order valence-electron chi connectivity index (χ0n) is 11.7. The molecule has 0 spiro atoms. The van der Waals surface area contributed by atoms with Crippen molar-refractivity contribution in [2.75, 3.05) is 12.3 Å². The Morgan fingerprint density at radius 3 is 2.47 bits per heavy atom. The van der Waals surface area contributed by atoms with Gasteiger partial charge in [0.1, 0.15) is 0 Å². The third-order valence-electron chi connectivity index (χ3n) is 2.60. The van der Waals surface area contributed by atoms with E-state index in [-0.39, 0.29) is 5.54 Å². The minimum atomic E-state index is 0.224. The van der Waals surface area contributed by atoms with Crippen molar-refractivity contribution in [3.05, 3.63) is 29.8 Å². The van der Waals surface area contributed by atoms with Crippen LogP contribution in [0, 0.1) is 12.8 Å². The third-order valence-corrected chi connectivity index (χ3v) is 4.10. The summed E-state index contributed by atoms with van der Waals surface area (Å²) in [6.45, 7) is 12.2. The van der Waals surface area contributed by atoms with Crippen LogP contribution in [0.15, 0.2) is 29.2 Å². The smallest absolute Gasteiger partial charge is 0.0101 e. The summed E-state index contributed by atoms with van der Waals surface area (Å²) in [5.41, 5.74) is 1.61. The van der Waals surface area contributed by atoms with Gasteiger partial charge in [-0.05, 0) is 51.8 Å². The minimum absolute atomic E-state index is 0.224. The predicted molar refractivity (Wildman–Crippen MR) is 78.8 cm³/mol. The van der Waals surface area contributed by atoms with Crippen LogP contribution in [0.1, 0.15) is 33.3 Å². The molecule has 0 saturated carbocycles. The molecular weight excluding hydrogens is 226 g/mol. The lowest BCUT2D eigenvalue weighted by molar-refractivity contribution is 0.395. The summed E-state index contributed by atoms with van der Waals surface area (Å²) >= 11 is 1.97. The standard InChI is InChI=1S/C15H25NS/c1-12(10-16-15(3,4)5)11-17-14-9-7-6-8-13(14)2/h6-9,12,16H,10-11H2,1-5H3. The van der Waals surface area contributed by atoms with Gasteiger partial charge in [-0.25, -0.2) is 0 Å². The summed E-state index contributed by atoms with van der Waals surface area (Å²) in [6.07, 6.45) is 0. The van der Waals surface area contributed by atoms with Crippen molar-refractivity contribution in [1.82, 2.24) is 5.32 Å². The topological polar surface area (TPSA) is 12.0 Å². The first-order chi connectivity index (χ1) is 7.88. The van der Waals surface area contributed by atoms with Gasteiger partial charge in [-0.1, -0.05) is 25.1 Å². The van der Waals surface area contributed by atoms with E-state index in [0.29, 0.717) is 5.92 Å². The maximum absolute atomic E-state index is 3.56. The molecule has 0 aliphatic carbocycles. The molecule has 1 aromatic rings. The van der Waals surface area contributed by atoms with E-state index in [9.17, 15) is 0 Å². The zero-order valence-corrected chi connectivity index (χ0v) is 12.5. The lowest BCUT2D eigenvalue weighted by Gasteiger charge is -2.23. The Hall–Kier alpha value is -0.470. The van der Waals surface area contributed by atoms with E-state index in [2.05, 4.69) is 64.2 Å². The van der Waals surface area contributed by atoms with E-state index < -0.39 is 0 Å². The van der Waals surface area contributed by atoms with Gasteiger partial charge in [0.15, 0.2) is 0 Å². The Morgan fingerprint density at radius 1 is 1.24 bits per heavy atom.